The molecule has 3 rings (SSSR count). The Hall–Kier alpha value is -3.63. The molecule has 0 spiro atoms. The number of ether oxygens (including phenoxy) is 2. The van der Waals surface area contributed by atoms with Crippen molar-refractivity contribution in [1.82, 2.24) is 5.32 Å². The first-order valence-electron chi connectivity index (χ1n) is 14.5. The van der Waals surface area contributed by atoms with Crippen molar-refractivity contribution in [2.24, 2.45) is 0 Å². The average Bonchev–Trinajstić information content (AvgIpc) is 3.39. The van der Waals surface area contributed by atoms with E-state index < -0.39 is 11.4 Å². The van der Waals surface area contributed by atoms with Crippen molar-refractivity contribution in [2.75, 3.05) is 14.2 Å². The van der Waals surface area contributed by atoms with Gasteiger partial charge in [0, 0.05) is 43.0 Å². The minimum atomic E-state index is -0.757. The SMILES string of the molecule is CC.CC.CCC(=O)c1c(O)cc(CCC/C=C/NC)oc1=O.CCc1sc(Oc2ccc(C)c(F)c2)cc1Cl.COC=O. The van der Waals surface area contributed by atoms with E-state index in [2.05, 4.69) is 10.1 Å². The number of aryl methyl sites for hydroxylation is 3. The smallest absolute Gasteiger partial charge is 0.350 e. The van der Waals surface area contributed by atoms with Gasteiger partial charge in [0.25, 0.3) is 6.47 Å². The Morgan fingerprint density at radius 2 is 1.80 bits per heavy atom. The molecule has 0 saturated heterocycles. The number of halogens is 2. The molecule has 0 fully saturated rings. The number of hydrogen-bond donors (Lipinski definition) is 2. The highest BCUT2D eigenvalue weighted by Gasteiger charge is 2.17. The number of nitrogens with one attached hydrogen (secondary N) is 1. The lowest BCUT2D eigenvalue weighted by Crippen LogP contribution is -2.14. The summed E-state index contributed by atoms with van der Waals surface area (Å²) in [6, 6.07) is 7.95. The van der Waals surface area contributed by atoms with Gasteiger partial charge in [0.05, 0.1) is 12.1 Å². The number of ketones is 1. The predicted molar refractivity (Wildman–Crippen MR) is 178 cm³/mol. The van der Waals surface area contributed by atoms with Crippen molar-refractivity contribution in [3.63, 3.8) is 0 Å². The predicted octanol–water partition coefficient (Wildman–Crippen LogP) is 9.04. The first-order valence-corrected chi connectivity index (χ1v) is 15.7. The third-order valence-electron chi connectivity index (χ3n) is 5.17. The number of thiophene rings is 1. The van der Waals surface area contributed by atoms with E-state index in [1.54, 1.807) is 32.0 Å². The summed E-state index contributed by atoms with van der Waals surface area (Å²) in [5.74, 6) is -0.0684. The summed E-state index contributed by atoms with van der Waals surface area (Å²) in [4.78, 5) is 33.1. The van der Waals surface area contributed by atoms with Gasteiger partial charge in [-0.2, -0.15) is 0 Å². The minimum Gasteiger partial charge on any atom is -0.507 e. The highest BCUT2D eigenvalue weighted by molar-refractivity contribution is 7.14. The number of rotatable bonds is 11. The second kappa shape index (κ2) is 25.8. The molecule has 2 N–H and O–H groups in total. The molecule has 0 unspecified atom stereocenters. The molecule has 0 radical (unpaired) electrons. The Labute approximate surface area is 269 Å². The van der Waals surface area contributed by atoms with E-state index in [0.29, 0.717) is 40.1 Å². The van der Waals surface area contributed by atoms with E-state index in [-0.39, 0.29) is 23.6 Å². The van der Waals surface area contributed by atoms with Gasteiger partial charge in [-0.3, -0.25) is 9.59 Å². The molecule has 0 aliphatic rings. The zero-order valence-corrected chi connectivity index (χ0v) is 28.8. The largest absolute Gasteiger partial charge is 0.507 e. The molecule has 0 aliphatic carbocycles. The van der Waals surface area contributed by atoms with Crippen LogP contribution in [0.4, 0.5) is 4.39 Å². The topological polar surface area (TPSA) is 115 Å². The van der Waals surface area contributed by atoms with Crippen molar-refractivity contribution < 1.29 is 33.0 Å². The van der Waals surface area contributed by atoms with E-state index in [1.165, 1.54) is 30.6 Å². The van der Waals surface area contributed by atoms with Gasteiger partial charge in [0.2, 0.25) is 0 Å². The summed E-state index contributed by atoms with van der Waals surface area (Å²) in [7, 11) is 3.13. The Kier molecular flexibility index (Phi) is 25.0. The van der Waals surface area contributed by atoms with Crippen LogP contribution in [0.5, 0.6) is 16.6 Å². The number of allylic oxidation sites excluding steroid dienone is 1. The van der Waals surface area contributed by atoms with E-state index in [1.807, 2.05) is 53.9 Å². The van der Waals surface area contributed by atoms with Crippen LogP contribution >= 0.6 is 22.9 Å². The molecular weight excluding hydrogens is 609 g/mol. The van der Waals surface area contributed by atoms with E-state index in [9.17, 15) is 19.1 Å². The molecule has 0 atom stereocenters. The maximum absolute atomic E-state index is 13.3. The molecule has 0 aliphatic heterocycles. The summed E-state index contributed by atoms with van der Waals surface area (Å²) in [5, 5.41) is 14.0. The summed E-state index contributed by atoms with van der Waals surface area (Å²) in [6.07, 6.45) is 6.99. The van der Waals surface area contributed by atoms with Crippen LogP contribution < -0.4 is 15.7 Å². The first kappa shape index (κ1) is 42.5. The Morgan fingerprint density at radius 1 is 1.16 bits per heavy atom. The maximum atomic E-state index is 13.3. The second-order valence-electron chi connectivity index (χ2n) is 8.16. The van der Waals surface area contributed by atoms with Gasteiger partial charge in [-0.15, -0.1) is 11.3 Å². The molecule has 11 heteroatoms. The molecule has 2 heterocycles. The van der Waals surface area contributed by atoms with Crippen molar-refractivity contribution >= 4 is 35.2 Å². The van der Waals surface area contributed by atoms with Crippen molar-refractivity contribution in [2.45, 2.75) is 80.6 Å². The van der Waals surface area contributed by atoms with E-state index in [0.717, 1.165) is 24.1 Å². The molecular formula is C33H47ClFNO7S. The number of Topliss-reactive ketones (excluding diaryl/α,β-unsaturated/α-hetero) is 1. The Balaban J connectivity index is 0. The fraction of sp³-hybridized carbons (Fsp3) is 0.424. The van der Waals surface area contributed by atoms with Crippen molar-refractivity contribution in [1.29, 1.82) is 0 Å². The van der Waals surface area contributed by atoms with E-state index >= 15 is 0 Å². The number of carbonyl (C=O) groups is 2. The van der Waals surface area contributed by atoms with Crippen LogP contribution in [0.2, 0.25) is 5.02 Å². The third-order valence-corrected chi connectivity index (χ3v) is 6.78. The number of aromatic hydroxyl groups is 1. The summed E-state index contributed by atoms with van der Waals surface area (Å²) in [5.41, 5.74) is -0.398. The zero-order valence-electron chi connectivity index (χ0n) is 27.2. The van der Waals surface area contributed by atoms with Gasteiger partial charge in [0.1, 0.15) is 28.6 Å². The molecule has 0 saturated carbocycles. The van der Waals surface area contributed by atoms with Crippen LogP contribution in [-0.2, 0) is 22.4 Å². The number of methoxy groups -OCH3 is 1. The zero-order chi connectivity index (χ0) is 34.1. The normalized spacial score (nSPS) is 9.52. The third kappa shape index (κ3) is 16.3. The minimum absolute atomic E-state index is 0.159. The lowest BCUT2D eigenvalue weighted by Gasteiger charge is -2.03. The van der Waals surface area contributed by atoms with Crippen LogP contribution in [0.1, 0.15) is 87.4 Å². The summed E-state index contributed by atoms with van der Waals surface area (Å²) < 4.78 is 27.8. The standard InChI is InChI=1S/C14H19NO4.C13H12ClFOS.C2H4O2.2C2H6/c1-3-11(16)13-12(17)9-10(19-14(13)18)7-5-4-6-8-15-2;1-3-12-10(14)7-13(17-12)16-9-5-4-8(2)11(15)6-9;1-4-2-3;2*1-2/h6,8-9,15,17H,3-5,7H2,1-2H3;4-7H,3H2,1-2H3;2H,1H3;2*1-2H3/b8-6+;;;;. The van der Waals surface area contributed by atoms with Crippen LogP contribution in [0.25, 0.3) is 0 Å². The summed E-state index contributed by atoms with van der Waals surface area (Å²) >= 11 is 7.51. The number of unbranched alkanes of at least 4 members (excludes halogenated alkanes) is 1. The first-order chi connectivity index (χ1) is 21.1. The van der Waals surface area contributed by atoms with Gasteiger partial charge in [-0.1, -0.05) is 65.3 Å². The van der Waals surface area contributed by atoms with Gasteiger partial charge < -0.3 is 24.3 Å². The monoisotopic (exact) mass is 655 g/mol. The van der Waals surface area contributed by atoms with Gasteiger partial charge in [-0.05, 0) is 44.0 Å². The van der Waals surface area contributed by atoms with Crippen molar-refractivity contribution in [3.8, 4) is 16.6 Å². The van der Waals surface area contributed by atoms with E-state index in [4.69, 9.17) is 25.5 Å². The van der Waals surface area contributed by atoms with Crippen LogP contribution in [0.15, 0.2) is 51.8 Å². The summed E-state index contributed by atoms with van der Waals surface area (Å²) in [6.45, 7) is 13.8. The maximum Gasteiger partial charge on any atom is 0.350 e. The molecule has 0 amide bonds. The Bertz CT molecular complexity index is 1320. The van der Waals surface area contributed by atoms with Gasteiger partial charge in [-0.25, -0.2) is 9.18 Å². The van der Waals surface area contributed by atoms with Crippen LogP contribution in [-0.4, -0.2) is 31.5 Å². The number of carbonyl (C=O) groups excluding carboxylic acids is 2. The molecule has 1 aromatic carbocycles. The number of hydrogen-bond acceptors (Lipinski definition) is 9. The van der Waals surface area contributed by atoms with Crippen LogP contribution in [0, 0.1) is 12.7 Å². The lowest BCUT2D eigenvalue weighted by molar-refractivity contribution is -0.126. The Morgan fingerprint density at radius 3 is 2.27 bits per heavy atom. The highest BCUT2D eigenvalue weighted by Crippen LogP contribution is 2.36. The quantitative estimate of drug-likeness (QED) is 0.119. The van der Waals surface area contributed by atoms with Crippen molar-refractivity contribution in [3.05, 3.63) is 85.6 Å². The van der Waals surface area contributed by atoms with Gasteiger partial charge in [0.15, 0.2) is 10.8 Å². The molecule has 3 aromatic rings. The fourth-order valence-electron chi connectivity index (χ4n) is 3.11. The second-order valence-corrected chi connectivity index (χ2v) is 9.66. The fourth-order valence-corrected chi connectivity index (χ4v) is 4.38. The molecule has 8 nitrogen and oxygen atoms in total. The number of benzene rings is 1. The van der Waals surface area contributed by atoms with Crippen LogP contribution in [0.3, 0.4) is 0 Å². The lowest BCUT2D eigenvalue weighted by atomic mass is 10.1. The molecule has 2 aromatic heterocycles. The van der Waals surface area contributed by atoms with Gasteiger partial charge >= 0.3 is 5.63 Å². The molecule has 246 valence electrons. The highest BCUT2D eigenvalue weighted by atomic mass is 35.5. The molecule has 44 heavy (non-hydrogen) atoms. The molecule has 0 bridgehead atoms. The average molecular weight is 656 g/mol.